The van der Waals surface area contributed by atoms with Crippen molar-refractivity contribution in [3.05, 3.63) is 63.2 Å². The molecule has 1 unspecified atom stereocenters. The van der Waals surface area contributed by atoms with Crippen LogP contribution in [0.4, 0.5) is 0 Å². The molecule has 3 heteroatoms. The van der Waals surface area contributed by atoms with E-state index in [0.29, 0.717) is 0 Å². The van der Waals surface area contributed by atoms with Gasteiger partial charge < -0.3 is 10.1 Å². The number of methoxy groups -OCH3 is 1. The van der Waals surface area contributed by atoms with Crippen molar-refractivity contribution >= 4 is 11.6 Å². The van der Waals surface area contributed by atoms with Gasteiger partial charge in [-0.15, -0.1) is 0 Å². The Bertz CT molecular complexity index is 652. The van der Waals surface area contributed by atoms with Crippen molar-refractivity contribution in [3.8, 4) is 5.75 Å². The lowest BCUT2D eigenvalue weighted by Gasteiger charge is -2.23. The van der Waals surface area contributed by atoms with Gasteiger partial charge in [-0.1, -0.05) is 29.8 Å². The second-order valence-electron chi connectivity index (χ2n) is 5.43. The largest absolute Gasteiger partial charge is 0.496 e. The molecular formula is C18H22ClNO. The van der Waals surface area contributed by atoms with E-state index in [-0.39, 0.29) is 6.04 Å². The molecule has 2 aromatic rings. The summed E-state index contributed by atoms with van der Waals surface area (Å²) >= 11 is 6.14. The Kier molecular flexibility index (Phi) is 4.92. The summed E-state index contributed by atoms with van der Waals surface area (Å²) in [5.41, 5.74) is 5.86. The lowest BCUT2D eigenvalue weighted by atomic mass is 9.92. The van der Waals surface area contributed by atoms with Crippen molar-refractivity contribution in [1.82, 2.24) is 5.32 Å². The Labute approximate surface area is 132 Å². The number of benzene rings is 2. The Morgan fingerprint density at radius 3 is 2.33 bits per heavy atom. The number of hydrogen-bond acceptors (Lipinski definition) is 2. The zero-order valence-electron chi connectivity index (χ0n) is 13.3. The Balaban J connectivity index is 2.58. The van der Waals surface area contributed by atoms with Gasteiger partial charge in [0.2, 0.25) is 0 Å². The highest BCUT2D eigenvalue weighted by molar-refractivity contribution is 6.31. The molecule has 112 valence electrons. The van der Waals surface area contributed by atoms with Crippen LogP contribution in [0.2, 0.25) is 5.02 Å². The highest BCUT2D eigenvalue weighted by atomic mass is 35.5. The van der Waals surface area contributed by atoms with Crippen LogP contribution in [0.3, 0.4) is 0 Å². The summed E-state index contributed by atoms with van der Waals surface area (Å²) in [6, 6.07) is 10.5. The quantitative estimate of drug-likeness (QED) is 0.892. The molecule has 1 atom stereocenters. The monoisotopic (exact) mass is 303 g/mol. The normalized spacial score (nSPS) is 12.3. The predicted molar refractivity (Wildman–Crippen MR) is 89.6 cm³/mol. The lowest BCUT2D eigenvalue weighted by molar-refractivity contribution is 0.404. The molecule has 0 aliphatic carbocycles. The molecule has 2 rings (SSSR count). The summed E-state index contributed by atoms with van der Waals surface area (Å²) in [5.74, 6) is 0.916. The van der Waals surface area contributed by atoms with Crippen molar-refractivity contribution in [2.45, 2.75) is 26.8 Å². The highest BCUT2D eigenvalue weighted by Crippen LogP contribution is 2.34. The van der Waals surface area contributed by atoms with E-state index in [1.165, 1.54) is 22.3 Å². The second-order valence-corrected chi connectivity index (χ2v) is 5.84. The van der Waals surface area contributed by atoms with Gasteiger partial charge in [-0.25, -0.2) is 0 Å². The number of hydrogen-bond donors (Lipinski definition) is 1. The summed E-state index contributed by atoms with van der Waals surface area (Å²) in [6.07, 6.45) is 0. The maximum atomic E-state index is 6.14. The van der Waals surface area contributed by atoms with Crippen LogP contribution in [-0.2, 0) is 0 Å². The van der Waals surface area contributed by atoms with Crippen LogP contribution < -0.4 is 10.1 Å². The number of halogens is 1. The van der Waals surface area contributed by atoms with E-state index in [4.69, 9.17) is 16.3 Å². The van der Waals surface area contributed by atoms with Gasteiger partial charge in [-0.2, -0.15) is 0 Å². The van der Waals surface area contributed by atoms with Crippen LogP contribution >= 0.6 is 11.6 Å². The van der Waals surface area contributed by atoms with Crippen LogP contribution in [0.1, 0.15) is 33.9 Å². The fourth-order valence-electron chi connectivity index (χ4n) is 2.80. The molecule has 0 saturated carbocycles. The maximum absolute atomic E-state index is 6.14. The van der Waals surface area contributed by atoms with Gasteiger partial charge in [0, 0.05) is 10.6 Å². The minimum atomic E-state index is 0.0801. The molecule has 2 nitrogen and oxygen atoms in total. The SMILES string of the molecule is CNC(c1ccc(Cl)c(C)c1)c1c(C)cc(C)cc1OC. The van der Waals surface area contributed by atoms with Crippen molar-refractivity contribution in [2.75, 3.05) is 14.2 Å². The van der Waals surface area contributed by atoms with Gasteiger partial charge in [0.25, 0.3) is 0 Å². The van der Waals surface area contributed by atoms with E-state index in [0.717, 1.165) is 16.3 Å². The van der Waals surface area contributed by atoms with Crippen LogP contribution in [0.25, 0.3) is 0 Å². The predicted octanol–water partition coefficient (Wildman–Crippen LogP) is 4.58. The van der Waals surface area contributed by atoms with E-state index in [1.807, 2.05) is 20.0 Å². The van der Waals surface area contributed by atoms with Crippen LogP contribution in [0.5, 0.6) is 5.75 Å². The smallest absolute Gasteiger partial charge is 0.124 e. The summed E-state index contributed by atoms with van der Waals surface area (Å²) in [7, 11) is 3.69. The van der Waals surface area contributed by atoms with E-state index >= 15 is 0 Å². The van der Waals surface area contributed by atoms with Gasteiger partial charge in [-0.05, 0) is 62.2 Å². The zero-order valence-corrected chi connectivity index (χ0v) is 14.0. The molecule has 0 heterocycles. The van der Waals surface area contributed by atoms with E-state index in [2.05, 4.69) is 43.4 Å². The first-order valence-electron chi connectivity index (χ1n) is 7.06. The molecule has 0 aliphatic heterocycles. The van der Waals surface area contributed by atoms with Gasteiger partial charge in [0.15, 0.2) is 0 Å². The summed E-state index contributed by atoms with van der Waals surface area (Å²) < 4.78 is 5.60. The van der Waals surface area contributed by atoms with Crippen molar-refractivity contribution < 1.29 is 4.74 Å². The van der Waals surface area contributed by atoms with Crippen molar-refractivity contribution in [1.29, 1.82) is 0 Å². The Morgan fingerprint density at radius 2 is 1.76 bits per heavy atom. The maximum Gasteiger partial charge on any atom is 0.124 e. The molecule has 0 radical (unpaired) electrons. The first-order chi connectivity index (χ1) is 9.97. The fraction of sp³-hybridized carbons (Fsp3) is 0.333. The van der Waals surface area contributed by atoms with Gasteiger partial charge in [0.05, 0.1) is 13.2 Å². The molecule has 2 aromatic carbocycles. The average molecular weight is 304 g/mol. The molecule has 0 bridgehead atoms. The van der Waals surface area contributed by atoms with Gasteiger partial charge in [-0.3, -0.25) is 0 Å². The third-order valence-corrected chi connectivity index (χ3v) is 4.23. The van der Waals surface area contributed by atoms with Crippen LogP contribution in [0.15, 0.2) is 30.3 Å². The summed E-state index contributed by atoms with van der Waals surface area (Å²) in [4.78, 5) is 0. The number of rotatable bonds is 4. The molecular weight excluding hydrogens is 282 g/mol. The summed E-state index contributed by atoms with van der Waals surface area (Å²) in [5, 5.41) is 4.19. The molecule has 0 spiro atoms. The van der Waals surface area contributed by atoms with E-state index in [9.17, 15) is 0 Å². The van der Waals surface area contributed by atoms with E-state index in [1.54, 1.807) is 7.11 Å². The number of ether oxygens (including phenoxy) is 1. The molecule has 0 aromatic heterocycles. The van der Waals surface area contributed by atoms with Crippen molar-refractivity contribution in [2.24, 2.45) is 0 Å². The third kappa shape index (κ3) is 3.22. The average Bonchev–Trinajstić information content (AvgIpc) is 2.45. The topological polar surface area (TPSA) is 21.3 Å². The Morgan fingerprint density at radius 1 is 1.05 bits per heavy atom. The second kappa shape index (κ2) is 6.50. The third-order valence-electron chi connectivity index (χ3n) is 3.81. The van der Waals surface area contributed by atoms with Gasteiger partial charge in [0.1, 0.15) is 5.75 Å². The highest BCUT2D eigenvalue weighted by Gasteiger charge is 2.20. The minimum absolute atomic E-state index is 0.0801. The lowest BCUT2D eigenvalue weighted by Crippen LogP contribution is -2.20. The standard InChI is InChI=1S/C18H22ClNO/c1-11-8-13(3)17(16(9-11)21-5)18(20-4)14-6-7-15(19)12(2)10-14/h6-10,18,20H,1-5H3. The number of nitrogens with one attached hydrogen (secondary N) is 1. The molecule has 0 aliphatic rings. The van der Waals surface area contributed by atoms with Crippen LogP contribution in [-0.4, -0.2) is 14.2 Å². The first-order valence-corrected chi connectivity index (χ1v) is 7.44. The minimum Gasteiger partial charge on any atom is -0.496 e. The Hall–Kier alpha value is -1.51. The molecule has 0 fully saturated rings. The molecule has 0 amide bonds. The molecule has 1 N–H and O–H groups in total. The van der Waals surface area contributed by atoms with Crippen molar-refractivity contribution in [3.63, 3.8) is 0 Å². The van der Waals surface area contributed by atoms with E-state index < -0.39 is 0 Å². The first kappa shape index (κ1) is 15.9. The fourth-order valence-corrected chi connectivity index (χ4v) is 2.92. The number of aryl methyl sites for hydroxylation is 3. The van der Waals surface area contributed by atoms with Gasteiger partial charge >= 0.3 is 0 Å². The molecule has 0 saturated heterocycles. The van der Waals surface area contributed by atoms with Crippen LogP contribution in [0, 0.1) is 20.8 Å². The molecule has 21 heavy (non-hydrogen) atoms. The summed E-state index contributed by atoms with van der Waals surface area (Å²) in [6.45, 7) is 6.23. The zero-order chi connectivity index (χ0) is 15.6.